The largest absolute Gasteiger partial charge is 0.335 e. The van der Waals surface area contributed by atoms with Crippen LogP contribution in [0.4, 0.5) is 9.18 Å². The molecule has 0 atom stereocenters. The molecule has 7 nitrogen and oxygen atoms in total. The van der Waals surface area contributed by atoms with Crippen LogP contribution in [0.5, 0.6) is 0 Å². The second kappa shape index (κ2) is 8.85. The molecule has 0 radical (unpaired) electrons. The van der Waals surface area contributed by atoms with Gasteiger partial charge in [0.25, 0.3) is 0 Å². The Kier molecular flexibility index (Phi) is 6.01. The van der Waals surface area contributed by atoms with Gasteiger partial charge >= 0.3 is 6.03 Å². The molecule has 1 aliphatic rings. The van der Waals surface area contributed by atoms with Crippen LogP contribution in [0.3, 0.4) is 0 Å². The predicted octanol–water partition coefficient (Wildman–Crippen LogP) is 3.81. The Morgan fingerprint density at radius 2 is 1.87 bits per heavy atom. The molecule has 154 valence electrons. The number of hydrogen-bond acceptors (Lipinski definition) is 5. The van der Waals surface area contributed by atoms with E-state index in [4.69, 9.17) is 11.6 Å². The number of halogens is 2. The van der Waals surface area contributed by atoms with Gasteiger partial charge in [-0.2, -0.15) is 0 Å². The van der Waals surface area contributed by atoms with Gasteiger partial charge in [-0.25, -0.2) is 9.18 Å². The van der Waals surface area contributed by atoms with Crippen LogP contribution in [0.1, 0.15) is 12.8 Å². The van der Waals surface area contributed by atoms with Crippen molar-refractivity contribution in [3.05, 3.63) is 59.4 Å². The van der Waals surface area contributed by atoms with E-state index in [0.29, 0.717) is 21.6 Å². The van der Waals surface area contributed by atoms with E-state index < -0.39 is 17.8 Å². The first kappa shape index (κ1) is 20.4. The number of thioether (sulfide) groups is 1. The minimum absolute atomic E-state index is 0.0901. The fourth-order valence-electron chi connectivity index (χ4n) is 2.77. The number of carbonyl (C=O) groups is 2. The number of imide groups is 1. The van der Waals surface area contributed by atoms with E-state index in [1.165, 1.54) is 10.6 Å². The molecule has 1 heterocycles. The lowest BCUT2D eigenvalue weighted by molar-refractivity contribution is -0.117. The standard InChI is InChI=1S/C20H17ClFN5O2S/c21-14-6-2-1-5-13(14)18-25-26-20(27(18)16-8-4-3-7-15(16)22)30-11-17(28)24-19(29)23-12-9-10-12/h1-8,12H,9-11H2,(H2,23,24,28,29). The van der Waals surface area contributed by atoms with Crippen LogP contribution >= 0.6 is 23.4 Å². The lowest BCUT2D eigenvalue weighted by Crippen LogP contribution is -2.41. The summed E-state index contributed by atoms with van der Waals surface area (Å²) in [6.07, 6.45) is 1.85. The summed E-state index contributed by atoms with van der Waals surface area (Å²) in [6.45, 7) is 0. The Labute approximate surface area is 181 Å². The zero-order chi connectivity index (χ0) is 21.1. The highest BCUT2D eigenvalue weighted by molar-refractivity contribution is 7.99. The van der Waals surface area contributed by atoms with E-state index in [-0.39, 0.29) is 17.5 Å². The number of rotatable bonds is 6. The highest BCUT2D eigenvalue weighted by Crippen LogP contribution is 2.32. The minimum Gasteiger partial charge on any atom is -0.335 e. The molecule has 2 aromatic carbocycles. The lowest BCUT2D eigenvalue weighted by Gasteiger charge is -2.12. The number of amides is 3. The van der Waals surface area contributed by atoms with E-state index in [0.717, 1.165) is 24.6 Å². The van der Waals surface area contributed by atoms with Crippen molar-refractivity contribution < 1.29 is 14.0 Å². The maximum absolute atomic E-state index is 14.6. The van der Waals surface area contributed by atoms with E-state index in [1.807, 2.05) is 0 Å². The first-order valence-electron chi connectivity index (χ1n) is 9.21. The third-order valence-electron chi connectivity index (χ3n) is 4.34. The number of benzene rings is 2. The average Bonchev–Trinajstić information content (AvgIpc) is 3.43. The van der Waals surface area contributed by atoms with Gasteiger partial charge < -0.3 is 5.32 Å². The summed E-state index contributed by atoms with van der Waals surface area (Å²) >= 11 is 7.35. The number of urea groups is 1. The van der Waals surface area contributed by atoms with Crippen LogP contribution in [-0.4, -0.2) is 38.5 Å². The highest BCUT2D eigenvalue weighted by Gasteiger charge is 2.24. The average molecular weight is 446 g/mol. The first-order chi connectivity index (χ1) is 14.5. The van der Waals surface area contributed by atoms with Gasteiger partial charge in [-0.15, -0.1) is 10.2 Å². The van der Waals surface area contributed by atoms with E-state index in [1.54, 1.807) is 42.5 Å². The van der Waals surface area contributed by atoms with Crippen molar-refractivity contribution in [3.63, 3.8) is 0 Å². The third kappa shape index (κ3) is 4.63. The molecule has 0 aliphatic heterocycles. The smallest absolute Gasteiger partial charge is 0.321 e. The molecule has 2 N–H and O–H groups in total. The molecule has 3 aromatic rings. The van der Waals surface area contributed by atoms with Crippen molar-refractivity contribution >= 4 is 35.3 Å². The van der Waals surface area contributed by atoms with Crippen molar-refractivity contribution in [3.8, 4) is 17.1 Å². The molecule has 0 spiro atoms. The number of nitrogens with one attached hydrogen (secondary N) is 2. The summed E-state index contributed by atoms with van der Waals surface area (Å²) in [5, 5.41) is 14.0. The summed E-state index contributed by atoms with van der Waals surface area (Å²) in [6, 6.07) is 12.9. The van der Waals surface area contributed by atoms with Crippen LogP contribution in [0.15, 0.2) is 53.7 Å². The summed E-state index contributed by atoms with van der Waals surface area (Å²) in [5.74, 6) is -0.700. The number of hydrogen-bond donors (Lipinski definition) is 2. The second-order valence-electron chi connectivity index (χ2n) is 6.66. The maximum Gasteiger partial charge on any atom is 0.321 e. The number of aromatic nitrogens is 3. The second-order valence-corrected chi connectivity index (χ2v) is 8.01. The van der Waals surface area contributed by atoms with Crippen molar-refractivity contribution in [2.45, 2.75) is 24.0 Å². The summed E-state index contributed by atoms with van der Waals surface area (Å²) in [5.41, 5.74) is 0.807. The van der Waals surface area contributed by atoms with Gasteiger partial charge in [0.1, 0.15) is 5.82 Å². The fourth-order valence-corrected chi connectivity index (χ4v) is 3.74. The molecule has 3 amide bonds. The van der Waals surface area contributed by atoms with Gasteiger partial charge in [0.15, 0.2) is 11.0 Å². The van der Waals surface area contributed by atoms with Gasteiger partial charge in [0, 0.05) is 11.6 Å². The molecule has 1 saturated carbocycles. The quantitative estimate of drug-likeness (QED) is 0.563. The number of nitrogens with zero attached hydrogens (tertiary/aromatic N) is 3. The lowest BCUT2D eigenvalue weighted by atomic mass is 10.2. The van der Waals surface area contributed by atoms with Gasteiger partial charge in [-0.3, -0.25) is 14.7 Å². The molecule has 4 rings (SSSR count). The third-order valence-corrected chi connectivity index (χ3v) is 5.60. The van der Waals surface area contributed by atoms with E-state index in [2.05, 4.69) is 20.8 Å². The fraction of sp³-hybridized carbons (Fsp3) is 0.200. The molecule has 1 aromatic heterocycles. The highest BCUT2D eigenvalue weighted by atomic mass is 35.5. The van der Waals surface area contributed by atoms with Gasteiger partial charge in [-0.05, 0) is 37.1 Å². The monoisotopic (exact) mass is 445 g/mol. The van der Waals surface area contributed by atoms with Crippen molar-refractivity contribution in [1.82, 2.24) is 25.4 Å². The SMILES string of the molecule is O=C(CSc1nnc(-c2ccccc2Cl)n1-c1ccccc1F)NC(=O)NC1CC1. The Hall–Kier alpha value is -2.91. The van der Waals surface area contributed by atoms with Gasteiger partial charge in [0.2, 0.25) is 5.91 Å². The number of carbonyl (C=O) groups excluding carboxylic acids is 2. The Morgan fingerprint density at radius 1 is 1.13 bits per heavy atom. The van der Waals surface area contributed by atoms with Gasteiger partial charge in [-0.1, -0.05) is 47.6 Å². The summed E-state index contributed by atoms with van der Waals surface area (Å²) < 4.78 is 16.1. The molecule has 30 heavy (non-hydrogen) atoms. The van der Waals surface area contributed by atoms with Crippen LogP contribution in [0, 0.1) is 5.82 Å². The molecule has 0 saturated heterocycles. The Morgan fingerprint density at radius 3 is 2.60 bits per heavy atom. The molecule has 1 aliphatic carbocycles. The molecule has 0 bridgehead atoms. The molecular weight excluding hydrogens is 429 g/mol. The van der Waals surface area contributed by atoms with E-state index in [9.17, 15) is 14.0 Å². The molecule has 1 fully saturated rings. The van der Waals surface area contributed by atoms with E-state index >= 15 is 0 Å². The Bertz CT molecular complexity index is 1100. The maximum atomic E-state index is 14.6. The van der Waals surface area contributed by atoms with Crippen LogP contribution < -0.4 is 10.6 Å². The first-order valence-corrected chi connectivity index (χ1v) is 10.6. The van der Waals surface area contributed by atoms with Crippen molar-refractivity contribution in [2.24, 2.45) is 0 Å². The van der Waals surface area contributed by atoms with Crippen molar-refractivity contribution in [2.75, 3.05) is 5.75 Å². The molecule has 10 heteroatoms. The number of para-hydroxylation sites is 1. The minimum atomic E-state index is -0.518. The van der Waals surface area contributed by atoms with Crippen LogP contribution in [0.2, 0.25) is 5.02 Å². The summed E-state index contributed by atoms with van der Waals surface area (Å²) in [4.78, 5) is 23.9. The van der Waals surface area contributed by atoms with Crippen LogP contribution in [-0.2, 0) is 4.79 Å². The topological polar surface area (TPSA) is 88.9 Å². The summed E-state index contributed by atoms with van der Waals surface area (Å²) in [7, 11) is 0. The normalized spacial score (nSPS) is 13.1. The molecule has 0 unspecified atom stereocenters. The molecular formula is C20H17ClFN5O2S. The predicted molar refractivity (Wildman–Crippen MR) is 112 cm³/mol. The van der Waals surface area contributed by atoms with Gasteiger partial charge in [0.05, 0.1) is 16.5 Å². The van der Waals surface area contributed by atoms with Crippen molar-refractivity contribution in [1.29, 1.82) is 0 Å². The zero-order valence-corrected chi connectivity index (χ0v) is 17.2. The van der Waals surface area contributed by atoms with Crippen LogP contribution in [0.25, 0.3) is 17.1 Å². The Balaban J connectivity index is 1.60. The zero-order valence-electron chi connectivity index (χ0n) is 15.6.